The Bertz CT molecular complexity index is 2420. The third-order valence-electron chi connectivity index (χ3n) is 15.3. The third-order valence-corrected chi connectivity index (χ3v) is 18.4. The Morgan fingerprint density at radius 3 is 2.19 bits per heavy atom. The van der Waals surface area contributed by atoms with Crippen molar-refractivity contribution in [1.82, 2.24) is 4.31 Å². The molecule has 1 aromatic heterocycles. The van der Waals surface area contributed by atoms with E-state index in [1.165, 1.54) is 22.5 Å². The molecule has 0 saturated heterocycles. The van der Waals surface area contributed by atoms with Crippen molar-refractivity contribution in [3.63, 3.8) is 0 Å². The molecule has 1 unspecified atom stereocenters. The number of ether oxygens (including phenoxy) is 1. The van der Waals surface area contributed by atoms with E-state index < -0.39 is 50.1 Å². The number of sulfonamides is 1. The molecule has 0 aliphatic heterocycles. The predicted molar refractivity (Wildman–Crippen MR) is 220 cm³/mol. The lowest BCUT2D eigenvalue weighted by atomic mass is 9.32. The molecule has 1 heterocycles. The van der Waals surface area contributed by atoms with Gasteiger partial charge in [-0.05, 0) is 102 Å². The highest BCUT2D eigenvalue weighted by Gasteiger charge is 2.74. The molecule has 3 aromatic carbocycles. The van der Waals surface area contributed by atoms with E-state index in [1.54, 1.807) is 11.4 Å². The van der Waals surface area contributed by atoms with Crippen LogP contribution in [-0.2, 0) is 16.6 Å². The van der Waals surface area contributed by atoms with Crippen LogP contribution in [0.3, 0.4) is 0 Å². The number of Topliss-reactive ketones (excluding diaryl/α,β-unsaturated/α-hetero) is 1. The number of allylic oxidation sites excluding steroid dienone is 4. The number of rotatable bonds is 10. The molecular weight excluding hydrogens is 796 g/mol. The van der Waals surface area contributed by atoms with Crippen molar-refractivity contribution >= 4 is 27.1 Å². The number of carbonyl (C=O) groups excluding carboxylic acids is 1. The maximum atomic E-state index is 15.2. The van der Waals surface area contributed by atoms with Crippen LogP contribution in [0.25, 0.3) is 11.1 Å². The molecule has 2 bridgehead atoms. The van der Waals surface area contributed by atoms with Crippen molar-refractivity contribution in [3.05, 3.63) is 131 Å². The van der Waals surface area contributed by atoms with E-state index in [0.717, 1.165) is 41.0 Å². The number of fused-ring (bicyclic) bond motifs is 1. The fraction of sp³-hybridized carbons (Fsp3) is 0.426. The molecule has 7 nitrogen and oxygen atoms in total. The summed E-state index contributed by atoms with van der Waals surface area (Å²) in [6, 6.07) is 26.0. The molecule has 8 atom stereocenters. The monoisotopic (exact) mass is 843 g/mol. The first-order chi connectivity index (χ1) is 27.9. The summed E-state index contributed by atoms with van der Waals surface area (Å²) in [6.07, 6.45) is 5.41. The van der Waals surface area contributed by atoms with Crippen LogP contribution in [0.2, 0.25) is 0 Å². The first-order valence-corrected chi connectivity index (χ1v) is 22.7. The summed E-state index contributed by atoms with van der Waals surface area (Å²) in [5.74, 6) is -0.664. The SMILES string of the molecule is C[C@]12CC[C@H]3[C@]4(C=C[C@@]5(C=C4C(=O)c4ccc(-c6ccccc6)cc4)CC(O)CC[C@]35C)[C@@H]1CC[C@@]2(O)CN(Cc1ccc(OC(F)(F)F)cc1)S(=O)(=O)c1cccs1. The van der Waals surface area contributed by atoms with Crippen molar-refractivity contribution in [3.8, 4) is 16.9 Å². The number of halogens is 3. The fourth-order valence-corrected chi connectivity index (χ4v) is 14.9. The number of alkyl halides is 3. The van der Waals surface area contributed by atoms with Gasteiger partial charge in [0.2, 0.25) is 0 Å². The first kappa shape index (κ1) is 40.3. The average molecular weight is 844 g/mol. The zero-order chi connectivity index (χ0) is 41.6. The van der Waals surface area contributed by atoms with E-state index in [0.29, 0.717) is 55.2 Å². The standard InChI is InChI=1S/C47H48F3NO6S2/c1-42-21-18-35(52)27-44(42)24-25-46(37(28-44)41(53)34-14-12-33(13-15-34)32-7-4-3-5-8-32)38(42)19-22-43(2)39(46)20-23-45(43,54)30-51(59(55,56)40-9-6-26-58-40)29-31-10-16-36(17-11-31)57-47(48,49)50/h3-17,24-26,28,35,38-39,52,54H,18-23,27,29-30H2,1-2H3/t35?,38-,39-,42-,43+,44+,45-,46-/m1/s1. The molecule has 59 heavy (non-hydrogen) atoms. The second-order valence-electron chi connectivity index (χ2n) is 18.0. The maximum absolute atomic E-state index is 15.2. The predicted octanol–water partition coefficient (Wildman–Crippen LogP) is 9.98. The molecule has 0 radical (unpaired) electrons. The van der Waals surface area contributed by atoms with Gasteiger partial charge < -0.3 is 14.9 Å². The number of hydrogen-bond donors (Lipinski definition) is 2. The van der Waals surface area contributed by atoms with Crippen LogP contribution in [-0.4, -0.2) is 53.3 Å². The Morgan fingerprint density at radius 2 is 1.51 bits per heavy atom. The molecule has 3 fully saturated rings. The normalized spacial score (nSPS) is 33.6. The molecule has 4 aromatic rings. The number of nitrogens with zero attached hydrogens (tertiary/aromatic N) is 1. The van der Waals surface area contributed by atoms with Crippen molar-refractivity contribution in [2.75, 3.05) is 6.54 Å². The number of thiophene rings is 1. The van der Waals surface area contributed by atoms with E-state index in [9.17, 15) is 31.8 Å². The molecule has 2 N–H and O–H groups in total. The quantitative estimate of drug-likeness (QED) is 0.122. The second kappa shape index (κ2) is 14.0. The number of benzene rings is 3. The van der Waals surface area contributed by atoms with Crippen LogP contribution < -0.4 is 4.74 Å². The van der Waals surface area contributed by atoms with E-state index in [4.69, 9.17) is 0 Å². The molecule has 6 aliphatic rings. The maximum Gasteiger partial charge on any atom is 0.573 e. The van der Waals surface area contributed by atoms with Crippen molar-refractivity contribution in [2.24, 2.45) is 33.5 Å². The smallest absolute Gasteiger partial charge is 0.406 e. The zero-order valence-corrected chi connectivity index (χ0v) is 34.6. The van der Waals surface area contributed by atoms with Gasteiger partial charge >= 0.3 is 6.36 Å². The minimum absolute atomic E-state index is 0.0452. The molecule has 2 spiro atoms. The van der Waals surface area contributed by atoms with Crippen LogP contribution in [0.4, 0.5) is 13.2 Å². The molecule has 0 amide bonds. The lowest BCUT2D eigenvalue weighted by Gasteiger charge is -2.71. The highest BCUT2D eigenvalue weighted by molar-refractivity contribution is 7.91. The van der Waals surface area contributed by atoms with Gasteiger partial charge in [0, 0.05) is 40.5 Å². The molecule has 6 aliphatic carbocycles. The summed E-state index contributed by atoms with van der Waals surface area (Å²) in [6.45, 7) is 3.95. The summed E-state index contributed by atoms with van der Waals surface area (Å²) < 4.78 is 73.0. The summed E-state index contributed by atoms with van der Waals surface area (Å²) in [4.78, 5) is 15.2. The second-order valence-corrected chi connectivity index (χ2v) is 21.1. The number of hydrogen-bond acceptors (Lipinski definition) is 7. The molecule has 310 valence electrons. The number of aliphatic hydroxyl groups excluding tert-OH is 1. The largest absolute Gasteiger partial charge is 0.573 e. The third kappa shape index (κ3) is 6.30. The highest BCUT2D eigenvalue weighted by Crippen LogP contribution is 2.78. The summed E-state index contributed by atoms with van der Waals surface area (Å²) in [7, 11) is -4.16. The van der Waals surface area contributed by atoms with Gasteiger partial charge in [0.05, 0.1) is 11.7 Å². The highest BCUT2D eigenvalue weighted by atomic mass is 32.2. The molecule has 12 heteroatoms. The van der Waals surface area contributed by atoms with Gasteiger partial charge in [0.15, 0.2) is 5.78 Å². The van der Waals surface area contributed by atoms with Gasteiger partial charge in [-0.1, -0.05) is 105 Å². The topological polar surface area (TPSA) is 104 Å². The number of ketones is 1. The van der Waals surface area contributed by atoms with Crippen LogP contribution in [0.1, 0.15) is 74.7 Å². The Balaban J connectivity index is 1.10. The fourth-order valence-electron chi connectivity index (χ4n) is 12.3. The van der Waals surface area contributed by atoms with Crippen molar-refractivity contribution in [2.45, 2.75) is 87.6 Å². The first-order valence-electron chi connectivity index (χ1n) is 20.4. The molecule has 3 saturated carbocycles. The van der Waals surface area contributed by atoms with E-state index in [1.807, 2.05) is 54.6 Å². The Kier molecular flexibility index (Phi) is 9.56. The van der Waals surface area contributed by atoms with Gasteiger partial charge in [-0.25, -0.2) is 8.42 Å². The Hall–Kier alpha value is -4.07. The lowest BCUT2D eigenvalue weighted by Crippen LogP contribution is -2.67. The zero-order valence-electron chi connectivity index (χ0n) is 33.0. The van der Waals surface area contributed by atoms with E-state index in [-0.39, 0.29) is 40.3 Å². The van der Waals surface area contributed by atoms with Crippen LogP contribution >= 0.6 is 11.3 Å². The minimum atomic E-state index is -4.87. The Morgan fingerprint density at radius 1 is 0.847 bits per heavy atom. The van der Waals surface area contributed by atoms with E-state index >= 15 is 4.79 Å². The lowest BCUT2D eigenvalue weighted by molar-refractivity contribution is -0.274. The van der Waals surface area contributed by atoms with Crippen LogP contribution in [0, 0.1) is 33.5 Å². The van der Waals surface area contributed by atoms with Crippen LogP contribution in [0.5, 0.6) is 5.75 Å². The minimum Gasteiger partial charge on any atom is -0.406 e. The van der Waals surface area contributed by atoms with E-state index in [2.05, 4.69) is 36.8 Å². The van der Waals surface area contributed by atoms with Gasteiger partial charge in [0.25, 0.3) is 10.0 Å². The molecular formula is C47H48F3NO6S2. The van der Waals surface area contributed by atoms with Gasteiger partial charge in [-0.3, -0.25) is 4.79 Å². The summed E-state index contributed by atoms with van der Waals surface area (Å²) in [5, 5.41) is 25.9. The summed E-state index contributed by atoms with van der Waals surface area (Å²) >= 11 is 1.06. The van der Waals surface area contributed by atoms with Crippen molar-refractivity contribution in [1.29, 1.82) is 0 Å². The van der Waals surface area contributed by atoms with Gasteiger partial charge in [-0.2, -0.15) is 4.31 Å². The van der Waals surface area contributed by atoms with Crippen molar-refractivity contribution < 1.29 is 41.3 Å². The molecule has 10 rings (SSSR count). The van der Waals surface area contributed by atoms with Gasteiger partial charge in [-0.15, -0.1) is 24.5 Å². The average Bonchev–Trinajstić information content (AvgIpc) is 3.85. The van der Waals surface area contributed by atoms with Crippen LogP contribution in [0.15, 0.2) is 124 Å². The Labute approximate surface area is 347 Å². The summed E-state index contributed by atoms with van der Waals surface area (Å²) in [5.41, 5.74) is -0.114. The number of carbonyl (C=O) groups is 1. The number of aliphatic hydroxyl groups is 2. The van der Waals surface area contributed by atoms with Gasteiger partial charge in [0.1, 0.15) is 9.96 Å².